The summed E-state index contributed by atoms with van der Waals surface area (Å²) in [7, 11) is -4.02. The van der Waals surface area contributed by atoms with Crippen molar-refractivity contribution in [2.75, 3.05) is 17.9 Å². The number of hydrogen-bond acceptors (Lipinski definition) is 6. The molecule has 1 aromatic carbocycles. The summed E-state index contributed by atoms with van der Waals surface area (Å²) in [4.78, 5) is 31.9. The van der Waals surface area contributed by atoms with Crippen LogP contribution in [0.15, 0.2) is 45.2 Å². The van der Waals surface area contributed by atoms with E-state index >= 15 is 0 Å². The van der Waals surface area contributed by atoms with Gasteiger partial charge in [-0.2, -0.15) is 0 Å². The number of oxime groups is 1. The van der Waals surface area contributed by atoms with Gasteiger partial charge < -0.3 is 26.6 Å². The van der Waals surface area contributed by atoms with Crippen LogP contribution in [0.25, 0.3) is 0 Å². The Hall–Kier alpha value is -3.54. The maximum absolute atomic E-state index is 12.7. The van der Waals surface area contributed by atoms with Crippen LogP contribution in [0.5, 0.6) is 0 Å². The van der Waals surface area contributed by atoms with Gasteiger partial charge in [-0.3, -0.25) is 14.3 Å². The first-order chi connectivity index (χ1) is 14.1. The van der Waals surface area contributed by atoms with E-state index < -0.39 is 21.5 Å². The van der Waals surface area contributed by atoms with Gasteiger partial charge in [0.15, 0.2) is 0 Å². The molecule has 12 heteroatoms. The van der Waals surface area contributed by atoms with Gasteiger partial charge in [-0.1, -0.05) is 12.1 Å². The second kappa shape index (κ2) is 9.78. The zero-order valence-corrected chi connectivity index (χ0v) is 17.4. The molecule has 0 spiro atoms. The van der Waals surface area contributed by atoms with Gasteiger partial charge in [0.25, 0.3) is 15.6 Å². The Morgan fingerprint density at radius 2 is 1.97 bits per heavy atom. The van der Waals surface area contributed by atoms with Gasteiger partial charge in [-0.25, -0.2) is 8.42 Å². The van der Waals surface area contributed by atoms with Crippen LogP contribution in [0.1, 0.15) is 16.8 Å². The van der Waals surface area contributed by atoms with E-state index in [1.165, 1.54) is 18.2 Å². The highest BCUT2D eigenvalue weighted by atomic mass is 32.2. The summed E-state index contributed by atoms with van der Waals surface area (Å²) >= 11 is 0. The molecule has 0 unspecified atom stereocenters. The molecule has 2 aromatic rings. The van der Waals surface area contributed by atoms with Gasteiger partial charge in [0.1, 0.15) is 12.3 Å². The average Bonchev–Trinajstić information content (AvgIpc) is 2.64. The number of aryl methyl sites for hydroxylation is 2. The van der Waals surface area contributed by atoms with Crippen LogP contribution in [-0.4, -0.2) is 38.4 Å². The summed E-state index contributed by atoms with van der Waals surface area (Å²) in [5.41, 5.74) is 10.8. The van der Waals surface area contributed by atoms with Crippen LogP contribution < -0.4 is 27.1 Å². The zero-order chi connectivity index (χ0) is 22.3. The third-order valence-corrected chi connectivity index (χ3v) is 5.17. The second-order valence-corrected chi connectivity index (χ2v) is 8.16. The van der Waals surface area contributed by atoms with E-state index in [4.69, 9.17) is 16.3 Å². The second-order valence-electron chi connectivity index (χ2n) is 6.48. The standard InChI is InChI=1S/C18H24N6O5S/c1-11-4-3-5-14(8-11)30(27,28)24-16-13(9-12(2)22-17(16)26)10-15(25)21-6-7-29-23-18(19)20/h3-5,8-9,24H,6-7,10H2,1-2H3,(H,21,25)(H,22,26)(H4,19,20,23). The maximum Gasteiger partial charge on any atom is 0.272 e. The Balaban J connectivity index is 2.18. The molecule has 1 aromatic heterocycles. The number of pyridine rings is 1. The van der Waals surface area contributed by atoms with Gasteiger partial charge in [0.05, 0.1) is 17.9 Å². The highest BCUT2D eigenvalue weighted by molar-refractivity contribution is 7.92. The van der Waals surface area contributed by atoms with Crippen LogP contribution in [0.3, 0.4) is 0 Å². The molecule has 11 nitrogen and oxygen atoms in total. The molecule has 0 atom stereocenters. The number of hydrogen-bond donors (Lipinski definition) is 5. The third kappa shape index (κ3) is 6.51. The number of H-pyrrole nitrogens is 1. The number of nitrogens with zero attached hydrogens (tertiary/aromatic N) is 1. The van der Waals surface area contributed by atoms with Gasteiger partial charge in [0, 0.05) is 5.69 Å². The van der Waals surface area contributed by atoms with Crippen molar-refractivity contribution >= 4 is 27.6 Å². The molecule has 0 radical (unpaired) electrons. The van der Waals surface area contributed by atoms with E-state index in [0.29, 0.717) is 5.69 Å². The SMILES string of the molecule is Cc1cccc(S(=O)(=O)Nc2c(CC(=O)NCCON=C(N)N)cc(C)[nH]c2=O)c1. The largest absolute Gasteiger partial charge is 0.391 e. The van der Waals surface area contributed by atoms with Crippen LogP contribution in [0.2, 0.25) is 0 Å². The Kier molecular flexibility index (Phi) is 7.42. The minimum absolute atomic E-state index is 0.00903. The summed E-state index contributed by atoms with van der Waals surface area (Å²) < 4.78 is 27.7. The fraction of sp³-hybridized carbons (Fsp3) is 0.278. The fourth-order valence-electron chi connectivity index (χ4n) is 2.58. The first-order valence-electron chi connectivity index (χ1n) is 8.88. The van der Waals surface area contributed by atoms with E-state index in [2.05, 4.69) is 20.2 Å². The predicted octanol–water partition coefficient (Wildman–Crippen LogP) is -0.344. The molecule has 2 rings (SSSR count). The number of aromatic amines is 1. The Labute approximate surface area is 173 Å². The summed E-state index contributed by atoms with van der Waals surface area (Å²) in [6, 6.07) is 7.78. The van der Waals surface area contributed by atoms with Crippen molar-refractivity contribution in [1.29, 1.82) is 0 Å². The molecular formula is C18H24N6O5S. The molecule has 1 heterocycles. The van der Waals surface area contributed by atoms with E-state index in [1.807, 2.05) is 0 Å². The zero-order valence-electron chi connectivity index (χ0n) is 16.6. The van der Waals surface area contributed by atoms with Crippen molar-refractivity contribution in [3.05, 3.63) is 57.5 Å². The first kappa shape index (κ1) is 22.7. The highest BCUT2D eigenvalue weighted by Gasteiger charge is 2.20. The lowest BCUT2D eigenvalue weighted by Crippen LogP contribution is -2.30. The Bertz CT molecular complexity index is 1110. The van der Waals surface area contributed by atoms with Gasteiger partial charge in [-0.05, 0) is 48.3 Å². The lowest BCUT2D eigenvalue weighted by Gasteiger charge is -2.13. The normalized spacial score (nSPS) is 10.9. The molecule has 0 bridgehead atoms. The summed E-state index contributed by atoms with van der Waals surface area (Å²) in [6.07, 6.45) is -0.223. The van der Waals surface area contributed by atoms with Crippen molar-refractivity contribution in [2.45, 2.75) is 25.2 Å². The number of rotatable bonds is 9. The van der Waals surface area contributed by atoms with Gasteiger partial charge in [-0.15, -0.1) is 0 Å². The molecule has 7 N–H and O–H groups in total. The molecule has 1 amide bonds. The lowest BCUT2D eigenvalue weighted by molar-refractivity contribution is -0.120. The molecule has 0 saturated carbocycles. The van der Waals surface area contributed by atoms with Crippen LogP contribution in [0.4, 0.5) is 5.69 Å². The number of amides is 1. The molecular weight excluding hydrogens is 412 g/mol. The van der Waals surface area contributed by atoms with E-state index in [9.17, 15) is 18.0 Å². The van der Waals surface area contributed by atoms with E-state index in [0.717, 1.165) is 5.56 Å². The topological polar surface area (TPSA) is 182 Å². The Morgan fingerprint density at radius 1 is 1.23 bits per heavy atom. The number of anilines is 1. The minimum atomic E-state index is -4.02. The minimum Gasteiger partial charge on any atom is -0.391 e. The number of carbonyl (C=O) groups is 1. The molecule has 0 fully saturated rings. The van der Waals surface area contributed by atoms with Gasteiger partial charge in [0.2, 0.25) is 11.9 Å². The summed E-state index contributed by atoms with van der Waals surface area (Å²) in [5, 5.41) is 5.89. The number of guanidine groups is 1. The quantitative estimate of drug-likeness (QED) is 0.154. The molecule has 0 aliphatic heterocycles. The molecule has 0 saturated heterocycles. The monoisotopic (exact) mass is 436 g/mol. The summed E-state index contributed by atoms with van der Waals surface area (Å²) in [6.45, 7) is 3.53. The van der Waals surface area contributed by atoms with E-state index in [1.54, 1.807) is 26.0 Å². The molecule has 0 aliphatic rings. The van der Waals surface area contributed by atoms with Crippen molar-refractivity contribution in [1.82, 2.24) is 10.3 Å². The third-order valence-electron chi connectivity index (χ3n) is 3.82. The smallest absolute Gasteiger partial charge is 0.272 e. The first-order valence-corrected chi connectivity index (χ1v) is 10.4. The van der Waals surface area contributed by atoms with Crippen molar-refractivity contribution in [3.63, 3.8) is 0 Å². The number of aromatic nitrogens is 1. The highest BCUT2D eigenvalue weighted by Crippen LogP contribution is 2.18. The maximum atomic E-state index is 12.7. The lowest BCUT2D eigenvalue weighted by atomic mass is 10.1. The number of nitrogens with one attached hydrogen (secondary N) is 3. The van der Waals surface area contributed by atoms with Crippen LogP contribution >= 0.6 is 0 Å². The number of nitrogens with two attached hydrogens (primary N) is 2. The predicted molar refractivity (Wildman–Crippen MR) is 112 cm³/mol. The fourth-order valence-corrected chi connectivity index (χ4v) is 3.78. The van der Waals surface area contributed by atoms with Crippen molar-refractivity contribution in [3.8, 4) is 0 Å². The molecule has 0 aliphatic carbocycles. The van der Waals surface area contributed by atoms with Gasteiger partial charge >= 0.3 is 0 Å². The van der Waals surface area contributed by atoms with Crippen LogP contribution in [0, 0.1) is 13.8 Å². The summed E-state index contributed by atoms with van der Waals surface area (Å²) in [5.74, 6) is -0.685. The number of carbonyl (C=O) groups excluding carboxylic acids is 1. The van der Waals surface area contributed by atoms with Crippen molar-refractivity contribution < 1.29 is 18.0 Å². The molecule has 162 valence electrons. The average molecular weight is 436 g/mol. The van der Waals surface area contributed by atoms with Crippen LogP contribution in [-0.2, 0) is 26.1 Å². The Morgan fingerprint density at radius 3 is 2.63 bits per heavy atom. The molecule has 30 heavy (non-hydrogen) atoms. The van der Waals surface area contributed by atoms with E-state index in [-0.39, 0.29) is 41.7 Å². The number of benzene rings is 1. The number of sulfonamides is 1. The van der Waals surface area contributed by atoms with Crippen molar-refractivity contribution in [2.24, 2.45) is 16.6 Å².